The van der Waals surface area contributed by atoms with E-state index in [0.717, 1.165) is 41.7 Å². The zero-order chi connectivity index (χ0) is 22.3. The highest BCUT2D eigenvalue weighted by atomic mass is 32.1. The van der Waals surface area contributed by atoms with Crippen LogP contribution in [0.1, 0.15) is 35.5 Å². The molecule has 1 heterocycles. The van der Waals surface area contributed by atoms with Crippen molar-refractivity contribution in [2.75, 3.05) is 5.32 Å². The number of rotatable bonds is 4. The average Bonchev–Trinajstić information content (AvgIpc) is 3.05. The molecule has 2 N–H and O–H groups in total. The molecule has 0 saturated carbocycles. The zero-order valence-corrected chi connectivity index (χ0v) is 16.5. The molecule has 1 amide bonds. The minimum absolute atomic E-state index is 0.0103. The number of amides is 1. The number of carbonyl (C=O) groups excluding carboxylic acids is 1. The molecule has 2 aromatic carbocycles. The first-order valence-electron chi connectivity index (χ1n) is 8.54. The summed E-state index contributed by atoms with van der Waals surface area (Å²) < 4.78 is 66.9. The first-order valence-corrected chi connectivity index (χ1v) is 9.36. The van der Waals surface area contributed by atoms with Crippen LogP contribution in [-0.4, -0.2) is 16.0 Å². The van der Waals surface area contributed by atoms with Gasteiger partial charge in [0.05, 0.1) is 16.1 Å². The van der Waals surface area contributed by atoms with Gasteiger partial charge in [0.25, 0.3) is 5.91 Å². The fourth-order valence-electron chi connectivity index (χ4n) is 2.70. The molecule has 158 valence electrons. The monoisotopic (exact) mass is 442 g/mol. The van der Waals surface area contributed by atoms with Crippen LogP contribution in [0.4, 0.5) is 27.1 Å². The molecule has 30 heavy (non-hydrogen) atoms. The lowest BCUT2D eigenvalue weighted by Crippen LogP contribution is -2.18. The van der Waals surface area contributed by atoms with Gasteiger partial charge in [-0.05, 0) is 43.7 Å². The van der Waals surface area contributed by atoms with Crippen molar-refractivity contribution in [3.8, 4) is 10.4 Å². The summed E-state index contributed by atoms with van der Waals surface area (Å²) in [5.41, 5.74) is -3.15. The summed E-state index contributed by atoms with van der Waals surface area (Å²) in [7, 11) is 0. The summed E-state index contributed by atoms with van der Waals surface area (Å²) >= 11 is 0.778. The normalized spacial score (nSPS) is 12.1. The molecule has 0 aliphatic rings. The lowest BCUT2D eigenvalue weighted by Gasteiger charge is -2.17. The Labute approximate surface area is 172 Å². The summed E-state index contributed by atoms with van der Waals surface area (Å²) in [6, 6.07) is 7.33. The van der Waals surface area contributed by atoms with Crippen molar-refractivity contribution < 1.29 is 31.9 Å². The lowest BCUT2D eigenvalue weighted by atomic mass is 10.00. The predicted octanol–water partition coefficient (Wildman–Crippen LogP) is 5.59. The van der Waals surface area contributed by atoms with Crippen molar-refractivity contribution >= 4 is 22.4 Å². The van der Waals surface area contributed by atoms with E-state index in [9.17, 15) is 31.9 Å². The van der Waals surface area contributed by atoms with Crippen LogP contribution in [0, 0.1) is 11.6 Å². The molecule has 0 radical (unpaired) electrons. The van der Waals surface area contributed by atoms with Gasteiger partial charge in [-0.1, -0.05) is 29.5 Å². The van der Waals surface area contributed by atoms with Crippen LogP contribution in [0.15, 0.2) is 42.5 Å². The van der Waals surface area contributed by atoms with Crippen molar-refractivity contribution in [3.05, 3.63) is 70.9 Å². The number of nitrogens with one attached hydrogen (secondary N) is 1. The van der Waals surface area contributed by atoms with Crippen LogP contribution < -0.4 is 5.32 Å². The molecule has 3 aromatic rings. The van der Waals surface area contributed by atoms with Crippen molar-refractivity contribution in [2.45, 2.75) is 25.6 Å². The van der Waals surface area contributed by atoms with E-state index >= 15 is 0 Å². The first kappa shape index (κ1) is 21.8. The van der Waals surface area contributed by atoms with Gasteiger partial charge in [0.1, 0.15) is 22.8 Å². The van der Waals surface area contributed by atoms with Gasteiger partial charge >= 0.3 is 6.18 Å². The summed E-state index contributed by atoms with van der Waals surface area (Å²) in [4.78, 5) is 16.6. The van der Waals surface area contributed by atoms with Gasteiger partial charge in [0.15, 0.2) is 5.13 Å². The number of aromatic nitrogens is 1. The fourth-order valence-corrected chi connectivity index (χ4v) is 3.81. The Morgan fingerprint density at radius 3 is 2.23 bits per heavy atom. The van der Waals surface area contributed by atoms with Crippen molar-refractivity contribution in [1.82, 2.24) is 4.98 Å². The molecule has 0 spiro atoms. The van der Waals surface area contributed by atoms with E-state index in [0.29, 0.717) is 0 Å². The number of anilines is 1. The molecule has 0 aliphatic heterocycles. The number of benzene rings is 2. The molecule has 0 fully saturated rings. The maximum absolute atomic E-state index is 13.8. The molecule has 0 saturated heterocycles. The van der Waals surface area contributed by atoms with Crippen molar-refractivity contribution in [2.24, 2.45) is 0 Å². The van der Waals surface area contributed by atoms with Crippen molar-refractivity contribution in [1.29, 1.82) is 0 Å². The molecule has 0 bridgehead atoms. The van der Waals surface area contributed by atoms with E-state index < -0.39 is 40.4 Å². The number of carbonyl (C=O) groups is 1. The number of thiazole rings is 1. The van der Waals surface area contributed by atoms with E-state index in [2.05, 4.69) is 10.3 Å². The lowest BCUT2D eigenvalue weighted by molar-refractivity contribution is -0.137. The molecular formula is C20H15F5N2O2S. The fraction of sp³-hybridized carbons (Fsp3) is 0.200. The number of hydrogen-bond donors (Lipinski definition) is 2. The van der Waals surface area contributed by atoms with Crippen LogP contribution >= 0.6 is 11.3 Å². The van der Waals surface area contributed by atoms with Gasteiger partial charge in [-0.25, -0.2) is 13.8 Å². The molecule has 0 atom stereocenters. The van der Waals surface area contributed by atoms with Crippen LogP contribution in [0.5, 0.6) is 0 Å². The number of hydrogen-bond acceptors (Lipinski definition) is 4. The topological polar surface area (TPSA) is 62.2 Å². The second kappa shape index (κ2) is 7.77. The highest BCUT2D eigenvalue weighted by molar-refractivity contribution is 7.19. The first-order chi connectivity index (χ1) is 13.9. The highest BCUT2D eigenvalue weighted by Gasteiger charge is 2.32. The van der Waals surface area contributed by atoms with E-state index in [1.54, 1.807) is 0 Å². The summed E-state index contributed by atoms with van der Waals surface area (Å²) in [5.74, 6) is -3.27. The second-order valence-corrected chi connectivity index (χ2v) is 7.88. The number of halogens is 5. The smallest absolute Gasteiger partial charge is 0.384 e. The predicted molar refractivity (Wildman–Crippen MR) is 102 cm³/mol. The van der Waals surface area contributed by atoms with E-state index in [1.165, 1.54) is 26.0 Å². The molecular weight excluding hydrogens is 427 g/mol. The number of nitrogens with zero attached hydrogens (tertiary/aromatic N) is 1. The molecule has 1 aromatic heterocycles. The third-order valence-electron chi connectivity index (χ3n) is 4.07. The molecule has 10 heteroatoms. The van der Waals surface area contributed by atoms with Gasteiger partial charge in [0, 0.05) is 0 Å². The third-order valence-corrected chi connectivity index (χ3v) is 5.09. The minimum Gasteiger partial charge on any atom is -0.384 e. The standard InChI is InChI=1S/C20H15F5N2O2S/c1-19(2,29)16-15(10-5-3-6-11(9-10)20(23,24)25)30-18(26-16)27-17(28)14-12(21)7-4-8-13(14)22/h3-9,29H,1-2H3,(H,26,27,28). The Morgan fingerprint density at radius 2 is 1.67 bits per heavy atom. The summed E-state index contributed by atoms with van der Waals surface area (Å²) in [5, 5.41) is 12.5. The maximum atomic E-state index is 13.8. The van der Waals surface area contributed by atoms with Gasteiger partial charge in [-0.3, -0.25) is 10.1 Å². The minimum atomic E-state index is -4.57. The van der Waals surface area contributed by atoms with E-state index in [4.69, 9.17) is 0 Å². The van der Waals surface area contributed by atoms with Gasteiger partial charge in [-0.15, -0.1) is 0 Å². The number of aliphatic hydroxyl groups is 1. The van der Waals surface area contributed by atoms with Gasteiger partial charge < -0.3 is 5.11 Å². The quantitative estimate of drug-likeness (QED) is 0.518. The zero-order valence-electron chi connectivity index (χ0n) is 15.6. The van der Waals surface area contributed by atoms with Gasteiger partial charge in [0.2, 0.25) is 0 Å². The van der Waals surface area contributed by atoms with Crippen LogP contribution in [0.2, 0.25) is 0 Å². The number of alkyl halides is 3. The Morgan fingerprint density at radius 1 is 1.07 bits per heavy atom. The third kappa shape index (κ3) is 4.49. The Hall–Kier alpha value is -2.85. The second-order valence-electron chi connectivity index (χ2n) is 6.89. The van der Waals surface area contributed by atoms with Crippen LogP contribution in [0.25, 0.3) is 10.4 Å². The van der Waals surface area contributed by atoms with Crippen LogP contribution in [-0.2, 0) is 11.8 Å². The maximum Gasteiger partial charge on any atom is 0.416 e. The molecule has 0 unspecified atom stereocenters. The molecule has 3 rings (SSSR count). The Balaban J connectivity index is 2.04. The largest absolute Gasteiger partial charge is 0.416 e. The van der Waals surface area contributed by atoms with Crippen molar-refractivity contribution in [3.63, 3.8) is 0 Å². The molecule has 4 nitrogen and oxygen atoms in total. The average molecular weight is 442 g/mol. The molecule has 0 aliphatic carbocycles. The Bertz CT molecular complexity index is 1080. The van der Waals surface area contributed by atoms with E-state index in [1.807, 2.05) is 0 Å². The van der Waals surface area contributed by atoms with Gasteiger partial charge in [-0.2, -0.15) is 13.2 Å². The summed E-state index contributed by atoms with van der Waals surface area (Å²) in [6.45, 7) is 2.75. The van der Waals surface area contributed by atoms with Crippen LogP contribution in [0.3, 0.4) is 0 Å². The van der Waals surface area contributed by atoms with E-state index in [-0.39, 0.29) is 21.3 Å². The SMILES string of the molecule is CC(C)(O)c1nc(NC(=O)c2c(F)cccc2F)sc1-c1cccc(C(F)(F)F)c1. The highest BCUT2D eigenvalue weighted by Crippen LogP contribution is 2.40. The Kier molecular flexibility index (Phi) is 5.66. The summed E-state index contributed by atoms with van der Waals surface area (Å²) in [6.07, 6.45) is -4.57.